The predicted octanol–water partition coefficient (Wildman–Crippen LogP) is 1.96. The molecule has 1 saturated heterocycles. The van der Waals surface area contributed by atoms with Gasteiger partial charge in [-0.3, -0.25) is 4.68 Å². The number of aryl methyl sites for hydroxylation is 1. The molecule has 0 aliphatic carbocycles. The van der Waals surface area contributed by atoms with Gasteiger partial charge < -0.3 is 4.74 Å². The fraction of sp³-hybridized carbons (Fsp3) is 0.364. The van der Waals surface area contributed by atoms with Gasteiger partial charge in [0.2, 0.25) is 0 Å². The molecular formula is C11H14N2O. The molecule has 1 aliphatic rings. The van der Waals surface area contributed by atoms with Crippen LogP contribution in [0.5, 0.6) is 0 Å². The Morgan fingerprint density at radius 3 is 3.00 bits per heavy atom. The maximum absolute atomic E-state index is 5.12. The zero-order chi connectivity index (χ0) is 9.97. The predicted molar refractivity (Wildman–Crippen MR) is 56.1 cm³/mol. The smallest absolute Gasteiger partial charge is 0.0985 e. The molecule has 0 N–H and O–H groups in total. The number of allylic oxidation sites excluding steroid dienone is 2. The third kappa shape index (κ3) is 1.63. The van der Waals surface area contributed by atoms with Crippen molar-refractivity contribution in [2.45, 2.75) is 13.0 Å². The molecule has 2 rings (SSSR count). The number of hydrogen-bond acceptors (Lipinski definition) is 2. The lowest BCUT2D eigenvalue weighted by Crippen LogP contribution is -2.30. The monoisotopic (exact) mass is 190 g/mol. The molecule has 3 heteroatoms. The minimum atomic E-state index is 0.430. The van der Waals surface area contributed by atoms with Gasteiger partial charge in [-0.25, -0.2) is 0 Å². The molecule has 3 nitrogen and oxygen atoms in total. The summed E-state index contributed by atoms with van der Waals surface area (Å²) in [5.41, 5.74) is 2.20. The number of hydrogen-bond donors (Lipinski definition) is 0. The van der Waals surface area contributed by atoms with Crippen molar-refractivity contribution in [2.24, 2.45) is 0 Å². The Morgan fingerprint density at radius 1 is 1.64 bits per heavy atom. The molecule has 1 fully saturated rings. The lowest BCUT2D eigenvalue weighted by atomic mass is 10.2. The highest BCUT2D eigenvalue weighted by Gasteiger charge is 2.21. The van der Waals surface area contributed by atoms with Gasteiger partial charge in [0, 0.05) is 6.20 Å². The van der Waals surface area contributed by atoms with Crippen molar-refractivity contribution in [1.82, 2.24) is 9.78 Å². The highest BCUT2D eigenvalue weighted by molar-refractivity contribution is 5.49. The summed E-state index contributed by atoms with van der Waals surface area (Å²) < 4.78 is 7.11. The van der Waals surface area contributed by atoms with Gasteiger partial charge in [-0.05, 0) is 18.6 Å². The molecule has 0 unspecified atom stereocenters. The van der Waals surface area contributed by atoms with E-state index in [-0.39, 0.29) is 0 Å². The van der Waals surface area contributed by atoms with Crippen molar-refractivity contribution in [1.29, 1.82) is 0 Å². The molecule has 0 radical (unpaired) electrons. The summed E-state index contributed by atoms with van der Waals surface area (Å²) in [6.07, 6.45) is 7.69. The first-order valence-corrected chi connectivity index (χ1v) is 4.74. The average Bonchev–Trinajstić information content (AvgIpc) is 2.40. The lowest BCUT2D eigenvalue weighted by molar-refractivity contribution is -0.0287. The molecule has 0 spiro atoms. The lowest BCUT2D eigenvalue weighted by Gasteiger charge is -2.25. The zero-order valence-electron chi connectivity index (χ0n) is 8.31. The summed E-state index contributed by atoms with van der Waals surface area (Å²) >= 11 is 0. The van der Waals surface area contributed by atoms with Crippen LogP contribution in [-0.2, 0) is 4.74 Å². The molecule has 1 aliphatic heterocycles. The van der Waals surface area contributed by atoms with Crippen LogP contribution in [0.15, 0.2) is 24.9 Å². The van der Waals surface area contributed by atoms with Crippen LogP contribution in [-0.4, -0.2) is 23.0 Å². The van der Waals surface area contributed by atoms with E-state index in [9.17, 15) is 0 Å². The Hall–Kier alpha value is -1.35. The largest absolute Gasteiger partial charge is 0.377 e. The van der Waals surface area contributed by atoms with Crippen LogP contribution in [0.2, 0.25) is 0 Å². The van der Waals surface area contributed by atoms with Gasteiger partial charge in [0.25, 0.3) is 0 Å². The topological polar surface area (TPSA) is 27.1 Å². The van der Waals surface area contributed by atoms with Gasteiger partial charge >= 0.3 is 0 Å². The van der Waals surface area contributed by atoms with Crippen LogP contribution in [0.1, 0.15) is 17.3 Å². The normalized spacial score (nSPS) is 17.2. The van der Waals surface area contributed by atoms with Gasteiger partial charge in [-0.1, -0.05) is 18.7 Å². The van der Waals surface area contributed by atoms with Gasteiger partial charge in [0.05, 0.1) is 24.9 Å². The average molecular weight is 190 g/mol. The van der Waals surface area contributed by atoms with Crippen molar-refractivity contribution >= 4 is 6.08 Å². The van der Waals surface area contributed by atoms with Gasteiger partial charge in [-0.2, -0.15) is 5.10 Å². The number of aromatic nitrogens is 2. The van der Waals surface area contributed by atoms with E-state index in [0.717, 1.165) is 18.9 Å². The van der Waals surface area contributed by atoms with Crippen LogP contribution in [0.4, 0.5) is 0 Å². The van der Waals surface area contributed by atoms with Gasteiger partial charge in [0.1, 0.15) is 0 Å². The van der Waals surface area contributed by atoms with E-state index in [1.54, 1.807) is 6.08 Å². The molecule has 0 amide bonds. The Bertz CT molecular complexity index is 361. The number of nitrogens with zero attached hydrogens (tertiary/aromatic N) is 2. The van der Waals surface area contributed by atoms with Crippen molar-refractivity contribution < 1.29 is 4.74 Å². The van der Waals surface area contributed by atoms with E-state index < -0.39 is 0 Å². The Kier molecular flexibility index (Phi) is 2.50. The van der Waals surface area contributed by atoms with Crippen LogP contribution >= 0.6 is 0 Å². The van der Waals surface area contributed by atoms with Gasteiger partial charge in [0.15, 0.2) is 0 Å². The Morgan fingerprint density at radius 2 is 2.43 bits per heavy atom. The summed E-state index contributed by atoms with van der Waals surface area (Å²) in [6.45, 7) is 7.26. The Labute approximate surface area is 83.7 Å². The molecule has 14 heavy (non-hydrogen) atoms. The van der Waals surface area contributed by atoms with E-state index in [4.69, 9.17) is 4.74 Å². The molecule has 0 aromatic carbocycles. The summed E-state index contributed by atoms with van der Waals surface area (Å²) in [5.74, 6) is 0. The van der Waals surface area contributed by atoms with Gasteiger partial charge in [-0.15, -0.1) is 0 Å². The van der Waals surface area contributed by atoms with Crippen LogP contribution < -0.4 is 0 Å². The number of ether oxygens (including phenoxy) is 1. The SMILES string of the molecule is C=C/C=C\c1nn(C2COC2)cc1C. The van der Waals surface area contributed by atoms with E-state index in [2.05, 4.69) is 24.8 Å². The molecule has 2 heterocycles. The zero-order valence-corrected chi connectivity index (χ0v) is 8.31. The summed E-state index contributed by atoms with van der Waals surface area (Å²) in [4.78, 5) is 0. The summed E-state index contributed by atoms with van der Waals surface area (Å²) in [7, 11) is 0. The maximum atomic E-state index is 5.12. The first-order valence-electron chi connectivity index (χ1n) is 4.74. The van der Waals surface area contributed by atoms with Crippen LogP contribution in [0.3, 0.4) is 0 Å². The minimum Gasteiger partial charge on any atom is -0.377 e. The second-order valence-electron chi connectivity index (χ2n) is 3.46. The van der Waals surface area contributed by atoms with E-state index in [1.807, 2.05) is 16.8 Å². The minimum absolute atomic E-state index is 0.430. The highest BCUT2D eigenvalue weighted by Crippen LogP contribution is 2.18. The van der Waals surface area contributed by atoms with E-state index in [0.29, 0.717) is 6.04 Å². The second-order valence-corrected chi connectivity index (χ2v) is 3.46. The molecule has 0 bridgehead atoms. The van der Waals surface area contributed by atoms with Crippen molar-refractivity contribution in [3.05, 3.63) is 36.2 Å². The standard InChI is InChI=1S/C11H14N2O/c1-3-4-5-11-9(2)6-13(12-11)10-7-14-8-10/h3-6,10H,1,7-8H2,2H3/b5-4-. The molecule has 0 saturated carbocycles. The van der Waals surface area contributed by atoms with Crippen molar-refractivity contribution in [2.75, 3.05) is 13.2 Å². The fourth-order valence-electron chi connectivity index (χ4n) is 1.38. The third-order valence-electron chi connectivity index (χ3n) is 2.34. The van der Waals surface area contributed by atoms with Crippen LogP contribution in [0, 0.1) is 6.92 Å². The van der Waals surface area contributed by atoms with Crippen molar-refractivity contribution in [3.63, 3.8) is 0 Å². The molecule has 1 aromatic rings. The first-order chi connectivity index (χ1) is 6.81. The fourth-order valence-corrected chi connectivity index (χ4v) is 1.38. The quantitative estimate of drug-likeness (QED) is 0.681. The van der Waals surface area contributed by atoms with E-state index >= 15 is 0 Å². The second kappa shape index (κ2) is 3.80. The maximum Gasteiger partial charge on any atom is 0.0985 e. The molecule has 1 aromatic heterocycles. The Balaban J connectivity index is 2.19. The third-order valence-corrected chi connectivity index (χ3v) is 2.34. The number of rotatable bonds is 3. The molecule has 74 valence electrons. The molecular weight excluding hydrogens is 176 g/mol. The van der Waals surface area contributed by atoms with Crippen LogP contribution in [0.25, 0.3) is 6.08 Å². The highest BCUT2D eigenvalue weighted by atomic mass is 16.5. The summed E-state index contributed by atoms with van der Waals surface area (Å²) in [5, 5.41) is 4.47. The summed E-state index contributed by atoms with van der Waals surface area (Å²) in [6, 6.07) is 0.430. The van der Waals surface area contributed by atoms with Crippen molar-refractivity contribution in [3.8, 4) is 0 Å². The molecule has 0 atom stereocenters. The van der Waals surface area contributed by atoms with E-state index in [1.165, 1.54) is 5.56 Å². The first kappa shape index (κ1) is 9.21.